The van der Waals surface area contributed by atoms with Gasteiger partial charge >= 0.3 is 5.97 Å². The molecule has 0 saturated carbocycles. The molecule has 3 aromatic rings. The van der Waals surface area contributed by atoms with Gasteiger partial charge in [-0.1, -0.05) is 6.07 Å². The third kappa shape index (κ3) is 4.68. The van der Waals surface area contributed by atoms with E-state index in [0.29, 0.717) is 40.5 Å². The molecule has 0 radical (unpaired) electrons. The number of carbonyl (C=O) groups excluding carboxylic acids is 1. The number of hydrogen-bond acceptors (Lipinski definition) is 7. The van der Waals surface area contributed by atoms with E-state index in [-0.39, 0.29) is 10.7 Å². The molecule has 2 aromatic carbocycles. The van der Waals surface area contributed by atoms with Crippen LogP contribution < -0.4 is 15.5 Å². The van der Waals surface area contributed by atoms with Crippen LogP contribution in [-0.2, 0) is 11.2 Å². The second kappa shape index (κ2) is 8.89. The summed E-state index contributed by atoms with van der Waals surface area (Å²) in [6.45, 7) is 0. The molecular formula is C21H20N6O3S2. The van der Waals surface area contributed by atoms with E-state index in [9.17, 15) is 14.7 Å². The molecule has 1 aliphatic heterocycles. The van der Waals surface area contributed by atoms with Crippen molar-refractivity contribution in [2.24, 2.45) is 0 Å². The van der Waals surface area contributed by atoms with Crippen molar-refractivity contribution in [3.05, 3.63) is 63.1 Å². The Balaban J connectivity index is 1.50. The van der Waals surface area contributed by atoms with E-state index in [1.54, 1.807) is 42.3 Å². The van der Waals surface area contributed by atoms with Crippen LogP contribution in [0, 0.1) is 9.54 Å². The van der Waals surface area contributed by atoms with E-state index < -0.39 is 12.0 Å². The molecule has 1 unspecified atom stereocenters. The number of likely N-dealkylation sites (N-methyl/N-ethyl adjacent to an activating group) is 1. The zero-order valence-electron chi connectivity index (χ0n) is 17.0. The van der Waals surface area contributed by atoms with Crippen LogP contribution in [0.1, 0.15) is 22.3 Å². The van der Waals surface area contributed by atoms with Crippen LogP contribution in [0.15, 0.2) is 42.5 Å². The summed E-state index contributed by atoms with van der Waals surface area (Å²) in [6, 6.07) is 11.9. The average Bonchev–Trinajstić information content (AvgIpc) is 2.73. The van der Waals surface area contributed by atoms with E-state index in [4.69, 9.17) is 24.4 Å². The molecule has 1 aliphatic rings. The number of aryl methyl sites for hydroxylation is 1. The van der Waals surface area contributed by atoms with Crippen LogP contribution in [0.2, 0.25) is 0 Å². The summed E-state index contributed by atoms with van der Waals surface area (Å²) in [5.74, 6) is -0.736. The first-order valence-electron chi connectivity index (χ1n) is 9.78. The molecule has 1 amide bonds. The van der Waals surface area contributed by atoms with Crippen molar-refractivity contribution in [2.45, 2.75) is 18.9 Å². The van der Waals surface area contributed by atoms with Crippen LogP contribution in [0.25, 0.3) is 0 Å². The molecular weight excluding hydrogens is 448 g/mol. The highest BCUT2D eigenvalue weighted by Gasteiger charge is 2.28. The Morgan fingerprint density at radius 1 is 1.16 bits per heavy atom. The first kappa shape index (κ1) is 21.7. The highest BCUT2D eigenvalue weighted by Crippen LogP contribution is 2.32. The van der Waals surface area contributed by atoms with Gasteiger partial charge in [0.15, 0.2) is 4.77 Å². The molecule has 9 nitrogen and oxygen atoms in total. The molecule has 11 heteroatoms. The van der Waals surface area contributed by atoms with Gasteiger partial charge in [0, 0.05) is 29.7 Å². The predicted octanol–water partition coefficient (Wildman–Crippen LogP) is 4.03. The summed E-state index contributed by atoms with van der Waals surface area (Å²) in [7, 11) is 1.77. The normalized spacial score (nSPS) is 15.0. The lowest BCUT2D eigenvalue weighted by molar-refractivity contribution is -0.138. The Labute approximate surface area is 193 Å². The molecule has 4 rings (SSSR count). The fraction of sp³-hybridized carbons (Fsp3) is 0.190. The van der Waals surface area contributed by atoms with E-state index in [1.165, 1.54) is 0 Å². The average molecular weight is 469 g/mol. The first-order valence-corrected chi connectivity index (χ1v) is 10.6. The van der Waals surface area contributed by atoms with Crippen LogP contribution in [0.5, 0.6) is 0 Å². The Morgan fingerprint density at radius 2 is 1.97 bits per heavy atom. The number of rotatable bonds is 5. The largest absolute Gasteiger partial charge is 0.480 e. The van der Waals surface area contributed by atoms with Crippen molar-refractivity contribution in [3.8, 4) is 0 Å². The van der Waals surface area contributed by atoms with Gasteiger partial charge in [-0.05, 0) is 79.2 Å². The number of aliphatic carboxylic acids is 1. The van der Waals surface area contributed by atoms with Gasteiger partial charge < -0.3 is 30.6 Å². The van der Waals surface area contributed by atoms with Crippen LogP contribution in [0.3, 0.4) is 0 Å². The molecule has 2 heterocycles. The molecule has 164 valence electrons. The lowest BCUT2D eigenvalue weighted by atomic mass is 9.96. The fourth-order valence-electron chi connectivity index (χ4n) is 3.68. The lowest BCUT2D eigenvalue weighted by Crippen LogP contribution is -2.41. The summed E-state index contributed by atoms with van der Waals surface area (Å²) in [4.78, 5) is 35.7. The quantitative estimate of drug-likeness (QED) is 0.355. The first-order chi connectivity index (χ1) is 15.3. The third-order valence-electron chi connectivity index (χ3n) is 5.21. The lowest BCUT2D eigenvalue weighted by Gasteiger charge is -2.33. The van der Waals surface area contributed by atoms with Crippen molar-refractivity contribution in [1.29, 1.82) is 0 Å². The number of nitrogens with zero attached hydrogens (tertiary/aromatic N) is 2. The third-order valence-corrected chi connectivity index (χ3v) is 5.61. The van der Waals surface area contributed by atoms with E-state index >= 15 is 0 Å². The van der Waals surface area contributed by atoms with Gasteiger partial charge in [0.1, 0.15) is 6.04 Å². The van der Waals surface area contributed by atoms with Gasteiger partial charge in [0.2, 0.25) is 10.7 Å². The zero-order chi connectivity index (χ0) is 22.8. The number of aromatic nitrogens is 3. The number of H-pyrrole nitrogens is 2. The molecule has 5 N–H and O–H groups in total. The number of amides is 1. The molecule has 0 saturated heterocycles. The molecule has 0 spiro atoms. The van der Waals surface area contributed by atoms with Gasteiger partial charge in [-0.15, -0.1) is 0 Å². The Kier molecular flexibility index (Phi) is 6.01. The standard InChI is InChI=1S/C21H20N6O3S2/c1-27-15-8-6-14(9-11(15)5-7-16(27)18(29)30)22-17(28)12-3-2-4-13(10-12)23-19-24-20(31)26-21(32)25-19/h2-4,6,8-10,16H,5,7H2,1H3,(H,22,28)(H,29,30)(H3,23,24,25,26,31,32). The number of fused-ring (bicyclic) bond motifs is 1. The van der Waals surface area contributed by atoms with Crippen LogP contribution in [0.4, 0.5) is 23.0 Å². The van der Waals surface area contributed by atoms with E-state index in [2.05, 4.69) is 25.6 Å². The summed E-state index contributed by atoms with van der Waals surface area (Å²) >= 11 is 10.1. The van der Waals surface area contributed by atoms with E-state index in [0.717, 1.165) is 11.3 Å². The van der Waals surface area contributed by atoms with Crippen molar-refractivity contribution >= 4 is 59.3 Å². The maximum absolute atomic E-state index is 12.8. The SMILES string of the molecule is CN1c2ccc(NC(=O)c3cccc(Nc4nc(=S)[nH]c(=S)[nH]4)c3)cc2CCC1C(=O)O. The number of carbonyl (C=O) groups is 2. The van der Waals surface area contributed by atoms with Crippen molar-refractivity contribution in [1.82, 2.24) is 15.0 Å². The number of anilines is 4. The second-order valence-electron chi connectivity index (χ2n) is 7.35. The number of nitrogens with one attached hydrogen (secondary N) is 4. The highest BCUT2D eigenvalue weighted by molar-refractivity contribution is 7.71. The maximum atomic E-state index is 12.8. The number of carboxylic acids is 1. The number of carboxylic acid groups (broad SMARTS) is 1. The number of hydrogen-bond donors (Lipinski definition) is 5. The van der Waals surface area contributed by atoms with Crippen molar-refractivity contribution < 1.29 is 14.7 Å². The van der Waals surface area contributed by atoms with Crippen LogP contribution >= 0.6 is 24.4 Å². The second-order valence-corrected chi connectivity index (χ2v) is 8.15. The monoisotopic (exact) mass is 468 g/mol. The highest BCUT2D eigenvalue weighted by atomic mass is 32.1. The molecule has 0 bridgehead atoms. The van der Waals surface area contributed by atoms with Gasteiger partial charge in [0.25, 0.3) is 5.91 Å². The fourth-order valence-corrected chi connectivity index (χ4v) is 4.13. The minimum atomic E-state index is -0.835. The van der Waals surface area contributed by atoms with Gasteiger partial charge in [-0.3, -0.25) is 4.79 Å². The van der Waals surface area contributed by atoms with Crippen LogP contribution in [-0.4, -0.2) is 45.0 Å². The maximum Gasteiger partial charge on any atom is 0.326 e. The van der Waals surface area contributed by atoms with Gasteiger partial charge in [-0.2, -0.15) is 4.98 Å². The summed E-state index contributed by atoms with van der Waals surface area (Å²) in [6.07, 6.45) is 1.15. The van der Waals surface area contributed by atoms with Crippen molar-refractivity contribution in [2.75, 3.05) is 22.6 Å². The number of aromatic amines is 2. The van der Waals surface area contributed by atoms with Gasteiger partial charge in [-0.25, -0.2) is 4.79 Å². The summed E-state index contributed by atoms with van der Waals surface area (Å²) in [5, 5.41) is 15.3. The minimum Gasteiger partial charge on any atom is -0.480 e. The molecule has 32 heavy (non-hydrogen) atoms. The Morgan fingerprint density at radius 3 is 2.72 bits per heavy atom. The Hall–Kier alpha value is -3.57. The topological polar surface area (TPSA) is 126 Å². The molecule has 0 aliphatic carbocycles. The Bertz CT molecular complexity index is 1290. The minimum absolute atomic E-state index is 0.248. The van der Waals surface area contributed by atoms with E-state index in [1.807, 2.05) is 12.1 Å². The number of benzene rings is 2. The van der Waals surface area contributed by atoms with Gasteiger partial charge in [0.05, 0.1) is 0 Å². The molecule has 0 fully saturated rings. The zero-order valence-corrected chi connectivity index (χ0v) is 18.6. The summed E-state index contributed by atoms with van der Waals surface area (Å²) in [5.41, 5.74) is 3.60. The molecule has 1 aromatic heterocycles. The predicted molar refractivity (Wildman–Crippen MR) is 127 cm³/mol. The van der Waals surface area contributed by atoms with Crippen molar-refractivity contribution in [3.63, 3.8) is 0 Å². The summed E-state index contributed by atoms with van der Waals surface area (Å²) < 4.78 is 0.590. The molecule has 1 atom stereocenters. The smallest absolute Gasteiger partial charge is 0.326 e.